The molecule has 2 saturated carbocycles. The summed E-state index contributed by atoms with van der Waals surface area (Å²) in [5.74, 6) is 0.256. The van der Waals surface area contributed by atoms with Gasteiger partial charge in [0.05, 0.1) is 6.67 Å². The van der Waals surface area contributed by atoms with E-state index in [9.17, 15) is 9.59 Å². The zero-order valence-corrected chi connectivity index (χ0v) is 14.6. The molecular formula is C18H31N3O2. The molecule has 1 N–H and O–H groups in total. The van der Waals surface area contributed by atoms with Crippen molar-refractivity contribution < 1.29 is 9.59 Å². The Bertz CT molecular complexity index is 461. The van der Waals surface area contributed by atoms with Gasteiger partial charge in [0, 0.05) is 6.04 Å². The second kappa shape index (κ2) is 6.80. The summed E-state index contributed by atoms with van der Waals surface area (Å²) in [7, 11) is 0. The molecule has 0 bridgehead atoms. The molecule has 1 aliphatic heterocycles. The van der Waals surface area contributed by atoms with Gasteiger partial charge in [-0.05, 0) is 38.1 Å². The standard InChI is InChI=1S/C18H31N3O2/c1-3-20(15-10-5-4-6-11-15)13-21-16(22)18(19-17(21)23)12-8-7-9-14(18)2/h14-15H,3-13H2,1-2H3,(H,19,23). The van der Waals surface area contributed by atoms with E-state index in [0.717, 1.165) is 32.2 Å². The van der Waals surface area contributed by atoms with E-state index in [4.69, 9.17) is 0 Å². The molecule has 23 heavy (non-hydrogen) atoms. The van der Waals surface area contributed by atoms with E-state index < -0.39 is 5.54 Å². The molecular weight excluding hydrogens is 290 g/mol. The number of urea groups is 1. The van der Waals surface area contributed by atoms with Gasteiger partial charge in [-0.1, -0.05) is 46.0 Å². The van der Waals surface area contributed by atoms with Gasteiger partial charge < -0.3 is 5.32 Å². The van der Waals surface area contributed by atoms with Crippen LogP contribution in [0, 0.1) is 5.92 Å². The summed E-state index contributed by atoms with van der Waals surface area (Å²) in [6, 6.07) is 0.340. The zero-order valence-electron chi connectivity index (χ0n) is 14.6. The van der Waals surface area contributed by atoms with Gasteiger partial charge >= 0.3 is 6.03 Å². The van der Waals surface area contributed by atoms with Crippen molar-refractivity contribution in [2.24, 2.45) is 5.92 Å². The van der Waals surface area contributed by atoms with Crippen LogP contribution in [0.5, 0.6) is 0 Å². The smallest absolute Gasteiger partial charge is 0.323 e. The fourth-order valence-corrected chi connectivity index (χ4v) is 4.73. The first-order chi connectivity index (χ1) is 11.1. The highest BCUT2D eigenvalue weighted by atomic mass is 16.2. The average molecular weight is 321 g/mol. The maximum absolute atomic E-state index is 13.1. The molecule has 3 aliphatic rings. The Morgan fingerprint density at radius 2 is 1.83 bits per heavy atom. The first-order valence-corrected chi connectivity index (χ1v) is 9.46. The van der Waals surface area contributed by atoms with E-state index in [1.165, 1.54) is 37.0 Å². The largest absolute Gasteiger partial charge is 0.326 e. The molecule has 1 heterocycles. The highest BCUT2D eigenvalue weighted by molar-refractivity contribution is 6.07. The molecule has 5 nitrogen and oxygen atoms in total. The van der Waals surface area contributed by atoms with Crippen molar-refractivity contribution >= 4 is 11.9 Å². The van der Waals surface area contributed by atoms with Crippen LogP contribution in [0.3, 0.4) is 0 Å². The lowest BCUT2D eigenvalue weighted by Gasteiger charge is -2.38. The number of hydrogen-bond donors (Lipinski definition) is 1. The van der Waals surface area contributed by atoms with Gasteiger partial charge in [-0.3, -0.25) is 9.69 Å². The normalized spacial score (nSPS) is 32.8. The van der Waals surface area contributed by atoms with Crippen LogP contribution in [-0.4, -0.2) is 46.5 Å². The summed E-state index contributed by atoms with van der Waals surface area (Å²) in [5, 5.41) is 3.06. The summed E-state index contributed by atoms with van der Waals surface area (Å²) in [6.45, 7) is 5.59. The molecule has 0 aromatic carbocycles. The Labute approximate surface area is 139 Å². The van der Waals surface area contributed by atoms with Crippen LogP contribution in [0.4, 0.5) is 4.79 Å². The van der Waals surface area contributed by atoms with E-state index in [1.54, 1.807) is 0 Å². The van der Waals surface area contributed by atoms with Crippen molar-refractivity contribution in [1.82, 2.24) is 15.1 Å². The third-order valence-corrected chi connectivity index (χ3v) is 6.32. The average Bonchev–Trinajstić information content (AvgIpc) is 2.80. The number of carbonyl (C=O) groups is 2. The molecule has 3 rings (SSSR count). The van der Waals surface area contributed by atoms with Gasteiger partial charge in [0.25, 0.3) is 5.91 Å². The monoisotopic (exact) mass is 321 g/mol. The molecule has 2 unspecified atom stereocenters. The van der Waals surface area contributed by atoms with Crippen molar-refractivity contribution in [2.45, 2.75) is 83.2 Å². The van der Waals surface area contributed by atoms with Gasteiger partial charge in [0.15, 0.2) is 0 Å². The van der Waals surface area contributed by atoms with E-state index in [2.05, 4.69) is 24.1 Å². The number of carbonyl (C=O) groups excluding carboxylic acids is 2. The van der Waals surface area contributed by atoms with Gasteiger partial charge in [0.2, 0.25) is 0 Å². The molecule has 0 aromatic heterocycles. The SMILES string of the molecule is CCN(CN1C(=O)NC2(CCCCC2C)C1=O)C1CCCCC1. The van der Waals surface area contributed by atoms with Crippen LogP contribution in [0.2, 0.25) is 0 Å². The quantitative estimate of drug-likeness (QED) is 0.810. The van der Waals surface area contributed by atoms with Crippen molar-refractivity contribution in [1.29, 1.82) is 0 Å². The Morgan fingerprint density at radius 1 is 1.13 bits per heavy atom. The molecule has 5 heteroatoms. The summed E-state index contributed by atoms with van der Waals surface area (Å²) < 4.78 is 0. The number of nitrogens with zero attached hydrogens (tertiary/aromatic N) is 2. The van der Waals surface area contributed by atoms with Crippen LogP contribution in [-0.2, 0) is 4.79 Å². The highest BCUT2D eigenvalue weighted by Gasteiger charge is 2.55. The third-order valence-electron chi connectivity index (χ3n) is 6.32. The molecule has 0 radical (unpaired) electrons. The topological polar surface area (TPSA) is 52.6 Å². The first kappa shape index (κ1) is 16.7. The van der Waals surface area contributed by atoms with Crippen molar-refractivity contribution in [3.05, 3.63) is 0 Å². The summed E-state index contributed by atoms with van der Waals surface area (Å²) >= 11 is 0. The van der Waals surface area contributed by atoms with Gasteiger partial charge in [-0.15, -0.1) is 0 Å². The minimum atomic E-state index is -0.624. The fraction of sp³-hybridized carbons (Fsp3) is 0.889. The molecule has 130 valence electrons. The Morgan fingerprint density at radius 3 is 2.48 bits per heavy atom. The number of imide groups is 1. The van der Waals surface area contributed by atoms with E-state index in [0.29, 0.717) is 12.7 Å². The zero-order chi connectivity index (χ0) is 16.4. The second-order valence-electron chi connectivity index (χ2n) is 7.62. The second-order valence-corrected chi connectivity index (χ2v) is 7.62. The summed E-state index contributed by atoms with van der Waals surface area (Å²) in [4.78, 5) is 29.4. The van der Waals surface area contributed by atoms with Crippen LogP contribution in [0.25, 0.3) is 0 Å². The molecule has 3 amide bonds. The number of amides is 3. The van der Waals surface area contributed by atoms with Crippen LogP contribution in [0.1, 0.15) is 71.6 Å². The molecule has 1 saturated heterocycles. The van der Waals surface area contributed by atoms with E-state index >= 15 is 0 Å². The Hall–Kier alpha value is -1.10. The molecule has 1 spiro atoms. The van der Waals surface area contributed by atoms with Gasteiger partial charge in [0.1, 0.15) is 5.54 Å². The molecule has 2 atom stereocenters. The van der Waals surface area contributed by atoms with E-state index in [1.807, 2.05) is 0 Å². The van der Waals surface area contributed by atoms with Crippen molar-refractivity contribution in [2.75, 3.05) is 13.2 Å². The van der Waals surface area contributed by atoms with Crippen LogP contribution in [0.15, 0.2) is 0 Å². The minimum Gasteiger partial charge on any atom is -0.323 e. The number of rotatable bonds is 4. The maximum atomic E-state index is 13.1. The predicted molar refractivity (Wildman–Crippen MR) is 89.9 cm³/mol. The van der Waals surface area contributed by atoms with Gasteiger partial charge in [-0.2, -0.15) is 0 Å². The Balaban J connectivity index is 1.71. The van der Waals surface area contributed by atoms with Crippen molar-refractivity contribution in [3.8, 4) is 0 Å². The van der Waals surface area contributed by atoms with Crippen LogP contribution < -0.4 is 5.32 Å². The summed E-state index contributed by atoms with van der Waals surface area (Å²) in [5.41, 5.74) is -0.624. The third kappa shape index (κ3) is 3.00. The minimum absolute atomic E-state index is 0.0176. The predicted octanol–water partition coefficient (Wildman–Crippen LogP) is 3.10. The van der Waals surface area contributed by atoms with Crippen LogP contribution >= 0.6 is 0 Å². The van der Waals surface area contributed by atoms with Crippen molar-refractivity contribution in [3.63, 3.8) is 0 Å². The Kier molecular flexibility index (Phi) is 4.95. The molecule has 2 aliphatic carbocycles. The first-order valence-electron chi connectivity index (χ1n) is 9.46. The molecule has 3 fully saturated rings. The lowest BCUT2D eigenvalue weighted by molar-refractivity contribution is -0.136. The number of hydrogen-bond acceptors (Lipinski definition) is 3. The van der Waals surface area contributed by atoms with Gasteiger partial charge in [-0.25, -0.2) is 9.69 Å². The lowest BCUT2D eigenvalue weighted by atomic mass is 9.73. The summed E-state index contributed by atoms with van der Waals surface area (Å²) in [6.07, 6.45) is 10.3. The highest BCUT2D eigenvalue weighted by Crippen LogP contribution is 2.38. The lowest BCUT2D eigenvalue weighted by Crippen LogP contribution is -2.54. The fourth-order valence-electron chi connectivity index (χ4n) is 4.73. The number of nitrogens with one attached hydrogen (secondary N) is 1. The maximum Gasteiger partial charge on any atom is 0.326 e. The molecule has 0 aromatic rings. The van der Waals surface area contributed by atoms with E-state index in [-0.39, 0.29) is 17.9 Å².